The molecule has 19 heavy (non-hydrogen) atoms. The number of hydrogen-bond donors (Lipinski definition) is 1. The Morgan fingerprint density at radius 2 is 2.21 bits per heavy atom. The standard InChI is InChI=1S/C15H16N2O2/c1-10-9-14(11-5-2-3-6-12(11)16-10)17-8-4-7-13(17)15(18)19/h2-3,5-6,9,13H,4,7-8H2,1H3,(H,18,19). The lowest BCUT2D eigenvalue weighted by Gasteiger charge is -2.25. The van der Waals surface area contributed by atoms with Crippen molar-refractivity contribution in [3.63, 3.8) is 0 Å². The number of pyridine rings is 1. The molecule has 0 radical (unpaired) electrons. The van der Waals surface area contributed by atoms with E-state index in [4.69, 9.17) is 0 Å². The van der Waals surface area contributed by atoms with E-state index in [0.717, 1.165) is 35.2 Å². The molecule has 1 fully saturated rings. The molecule has 1 aliphatic rings. The average molecular weight is 256 g/mol. The van der Waals surface area contributed by atoms with Crippen LogP contribution in [0, 0.1) is 6.92 Å². The molecular weight excluding hydrogens is 240 g/mol. The summed E-state index contributed by atoms with van der Waals surface area (Å²) in [6.07, 6.45) is 1.64. The van der Waals surface area contributed by atoms with Gasteiger partial charge >= 0.3 is 5.97 Å². The molecule has 1 aromatic heterocycles. The molecule has 3 rings (SSSR count). The lowest BCUT2D eigenvalue weighted by molar-refractivity contribution is -0.138. The van der Waals surface area contributed by atoms with Gasteiger partial charge in [0.15, 0.2) is 0 Å². The first-order valence-corrected chi connectivity index (χ1v) is 6.52. The van der Waals surface area contributed by atoms with Crippen LogP contribution in [0.15, 0.2) is 30.3 Å². The minimum atomic E-state index is -0.740. The number of anilines is 1. The Morgan fingerprint density at radius 1 is 1.42 bits per heavy atom. The second kappa shape index (κ2) is 4.53. The molecule has 2 aromatic rings. The predicted molar refractivity (Wildman–Crippen MR) is 74.5 cm³/mol. The molecule has 0 saturated carbocycles. The zero-order valence-corrected chi connectivity index (χ0v) is 10.8. The molecule has 0 aliphatic carbocycles. The number of hydrogen-bond acceptors (Lipinski definition) is 3. The van der Waals surface area contributed by atoms with E-state index in [0.29, 0.717) is 6.42 Å². The van der Waals surface area contributed by atoms with Gasteiger partial charge in [-0.3, -0.25) is 4.98 Å². The highest BCUT2D eigenvalue weighted by Crippen LogP contribution is 2.32. The summed E-state index contributed by atoms with van der Waals surface area (Å²) in [4.78, 5) is 17.9. The SMILES string of the molecule is Cc1cc(N2CCCC2C(=O)O)c2ccccc2n1. The van der Waals surface area contributed by atoms with E-state index >= 15 is 0 Å². The maximum absolute atomic E-state index is 11.3. The van der Waals surface area contributed by atoms with E-state index in [1.54, 1.807) is 0 Å². The van der Waals surface area contributed by atoms with Gasteiger partial charge in [-0.25, -0.2) is 4.79 Å². The van der Waals surface area contributed by atoms with Crippen molar-refractivity contribution in [1.82, 2.24) is 4.98 Å². The van der Waals surface area contributed by atoms with E-state index in [1.807, 2.05) is 42.2 Å². The number of rotatable bonds is 2. The lowest BCUT2D eigenvalue weighted by atomic mass is 10.1. The van der Waals surface area contributed by atoms with Crippen molar-refractivity contribution < 1.29 is 9.90 Å². The first-order valence-electron chi connectivity index (χ1n) is 6.52. The van der Waals surface area contributed by atoms with Gasteiger partial charge in [0.05, 0.1) is 5.52 Å². The number of para-hydroxylation sites is 1. The number of aliphatic carboxylic acids is 1. The minimum Gasteiger partial charge on any atom is -0.480 e. The molecule has 0 bridgehead atoms. The zero-order chi connectivity index (χ0) is 13.4. The Hall–Kier alpha value is -2.10. The summed E-state index contributed by atoms with van der Waals surface area (Å²) in [5.74, 6) is -0.740. The molecule has 0 spiro atoms. The molecule has 1 unspecified atom stereocenters. The fraction of sp³-hybridized carbons (Fsp3) is 0.333. The number of carboxylic acid groups (broad SMARTS) is 1. The third-order valence-electron chi connectivity index (χ3n) is 3.67. The van der Waals surface area contributed by atoms with E-state index in [9.17, 15) is 9.90 Å². The maximum atomic E-state index is 11.3. The first kappa shape index (κ1) is 12.0. The van der Waals surface area contributed by atoms with Gasteiger partial charge in [0, 0.05) is 23.3 Å². The highest BCUT2D eigenvalue weighted by Gasteiger charge is 2.31. The van der Waals surface area contributed by atoms with Crippen molar-refractivity contribution >= 4 is 22.6 Å². The molecular formula is C15H16N2O2. The fourth-order valence-electron chi connectivity index (χ4n) is 2.84. The number of carbonyl (C=O) groups is 1. The molecule has 0 amide bonds. The lowest BCUT2D eigenvalue weighted by Crippen LogP contribution is -2.36. The van der Waals surface area contributed by atoms with Crippen molar-refractivity contribution in [1.29, 1.82) is 0 Å². The highest BCUT2D eigenvalue weighted by molar-refractivity contribution is 5.94. The van der Waals surface area contributed by atoms with Crippen LogP contribution < -0.4 is 4.90 Å². The summed E-state index contributed by atoms with van der Waals surface area (Å²) in [6.45, 7) is 2.74. The summed E-state index contributed by atoms with van der Waals surface area (Å²) >= 11 is 0. The third-order valence-corrected chi connectivity index (χ3v) is 3.67. The van der Waals surface area contributed by atoms with E-state index in [1.165, 1.54) is 0 Å². The Balaban J connectivity index is 2.16. The number of aromatic nitrogens is 1. The van der Waals surface area contributed by atoms with Crippen LogP contribution in [0.4, 0.5) is 5.69 Å². The summed E-state index contributed by atoms with van der Waals surface area (Å²) in [6, 6.07) is 9.48. The molecule has 4 nitrogen and oxygen atoms in total. The van der Waals surface area contributed by atoms with Crippen LogP contribution in [0.1, 0.15) is 18.5 Å². The Labute approximate surface area is 111 Å². The first-order chi connectivity index (χ1) is 9.16. The van der Waals surface area contributed by atoms with Gasteiger partial charge in [0.25, 0.3) is 0 Å². The van der Waals surface area contributed by atoms with Crippen LogP contribution >= 0.6 is 0 Å². The van der Waals surface area contributed by atoms with Crippen LogP contribution in [0.5, 0.6) is 0 Å². The van der Waals surface area contributed by atoms with Crippen molar-refractivity contribution in [2.24, 2.45) is 0 Å². The number of benzene rings is 1. The van der Waals surface area contributed by atoms with Gasteiger partial charge < -0.3 is 10.0 Å². The molecule has 2 heterocycles. The molecule has 1 aromatic carbocycles. The molecule has 1 atom stereocenters. The second-order valence-corrected chi connectivity index (χ2v) is 4.99. The van der Waals surface area contributed by atoms with Crippen LogP contribution in [0.3, 0.4) is 0 Å². The summed E-state index contributed by atoms with van der Waals surface area (Å²) in [7, 11) is 0. The summed E-state index contributed by atoms with van der Waals surface area (Å²) < 4.78 is 0. The van der Waals surface area contributed by atoms with Gasteiger partial charge in [-0.1, -0.05) is 18.2 Å². The van der Waals surface area contributed by atoms with Crippen LogP contribution in [0.25, 0.3) is 10.9 Å². The zero-order valence-electron chi connectivity index (χ0n) is 10.8. The quantitative estimate of drug-likeness (QED) is 0.897. The van der Waals surface area contributed by atoms with Crippen molar-refractivity contribution in [2.75, 3.05) is 11.4 Å². The molecule has 1 aliphatic heterocycles. The molecule has 98 valence electrons. The predicted octanol–water partition coefficient (Wildman–Crippen LogP) is 2.60. The van der Waals surface area contributed by atoms with Crippen LogP contribution in [-0.2, 0) is 4.79 Å². The van der Waals surface area contributed by atoms with Gasteiger partial charge in [-0.2, -0.15) is 0 Å². The third kappa shape index (κ3) is 2.03. The molecule has 1 N–H and O–H groups in total. The molecule has 1 saturated heterocycles. The topological polar surface area (TPSA) is 53.4 Å². The number of aryl methyl sites for hydroxylation is 1. The smallest absolute Gasteiger partial charge is 0.326 e. The normalized spacial score (nSPS) is 19.0. The van der Waals surface area contributed by atoms with Crippen LogP contribution in [-0.4, -0.2) is 28.6 Å². The minimum absolute atomic E-state index is 0.412. The van der Waals surface area contributed by atoms with E-state index < -0.39 is 12.0 Å². The number of carboxylic acids is 1. The highest BCUT2D eigenvalue weighted by atomic mass is 16.4. The maximum Gasteiger partial charge on any atom is 0.326 e. The van der Waals surface area contributed by atoms with Crippen LogP contribution in [0.2, 0.25) is 0 Å². The largest absolute Gasteiger partial charge is 0.480 e. The number of fused-ring (bicyclic) bond motifs is 1. The van der Waals surface area contributed by atoms with Crippen molar-refractivity contribution in [3.8, 4) is 0 Å². The van der Waals surface area contributed by atoms with E-state index in [2.05, 4.69) is 4.98 Å². The summed E-state index contributed by atoms with van der Waals surface area (Å²) in [5, 5.41) is 10.4. The number of nitrogens with zero attached hydrogens (tertiary/aromatic N) is 2. The second-order valence-electron chi connectivity index (χ2n) is 4.99. The fourth-order valence-corrected chi connectivity index (χ4v) is 2.84. The van der Waals surface area contributed by atoms with Crippen molar-refractivity contribution in [3.05, 3.63) is 36.0 Å². The Bertz CT molecular complexity index is 639. The van der Waals surface area contributed by atoms with Gasteiger partial charge in [0.1, 0.15) is 6.04 Å². The average Bonchev–Trinajstić information content (AvgIpc) is 2.86. The van der Waals surface area contributed by atoms with E-state index in [-0.39, 0.29) is 0 Å². The van der Waals surface area contributed by atoms with Crippen molar-refractivity contribution in [2.45, 2.75) is 25.8 Å². The molecule has 4 heteroatoms. The van der Waals surface area contributed by atoms with Gasteiger partial charge in [-0.15, -0.1) is 0 Å². The van der Waals surface area contributed by atoms with Gasteiger partial charge in [0.2, 0.25) is 0 Å². The monoisotopic (exact) mass is 256 g/mol. The van der Waals surface area contributed by atoms with Gasteiger partial charge in [-0.05, 0) is 31.9 Å². The Kier molecular flexibility index (Phi) is 2.85. The summed E-state index contributed by atoms with van der Waals surface area (Å²) in [5.41, 5.74) is 2.84. The Morgan fingerprint density at radius 3 is 3.00 bits per heavy atom.